The topological polar surface area (TPSA) is 66.4 Å². The first-order valence-electron chi connectivity index (χ1n) is 4.26. The molecule has 1 aliphatic carbocycles. The monoisotopic (exact) mass is 225 g/mol. The number of amides is 1. The summed E-state index contributed by atoms with van der Waals surface area (Å²) in [7, 11) is 0. The van der Waals surface area contributed by atoms with Crippen molar-refractivity contribution >= 4 is 11.9 Å². The van der Waals surface area contributed by atoms with E-state index in [9.17, 15) is 22.8 Å². The van der Waals surface area contributed by atoms with Gasteiger partial charge in [-0.15, -0.1) is 0 Å². The van der Waals surface area contributed by atoms with Crippen molar-refractivity contribution in [2.75, 3.05) is 0 Å². The van der Waals surface area contributed by atoms with Gasteiger partial charge >= 0.3 is 18.1 Å². The Hall–Kier alpha value is -1.27. The van der Waals surface area contributed by atoms with Crippen LogP contribution in [-0.2, 0) is 9.59 Å². The molecule has 0 spiro atoms. The summed E-state index contributed by atoms with van der Waals surface area (Å²) in [5.74, 6) is -4.64. The summed E-state index contributed by atoms with van der Waals surface area (Å²) in [6.45, 7) is 2.96. The normalized spacial score (nSPS) is 34.7. The maximum atomic E-state index is 11.9. The van der Waals surface area contributed by atoms with Crippen LogP contribution in [0.15, 0.2) is 0 Å². The second-order valence-corrected chi connectivity index (χ2v) is 3.70. The molecule has 1 saturated carbocycles. The molecule has 0 bridgehead atoms. The number of carbonyl (C=O) groups is 2. The highest BCUT2D eigenvalue weighted by Crippen LogP contribution is 2.50. The first-order chi connectivity index (χ1) is 6.64. The molecule has 0 aliphatic heterocycles. The number of carboxylic acid groups (broad SMARTS) is 1. The summed E-state index contributed by atoms with van der Waals surface area (Å²) >= 11 is 0. The van der Waals surface area contributed by atoms with Gasteiger partial charge < -0.3 is 10.4 Å². The molecule has 1 aliphatic rings. The summed E-state index contributed by atoms with van der Waals surface area (Å²) in [6.07, 6.45) is -5.05. The molecule has 86 valence electrons. The SMILES string of the molecule is CC1[C@@H](C)C1(NC(=O)C(F)(F)F)C(=O)O. The number of rotatable bonds is 2. The summed E-state index contributed by atoms with van der Waals surface area (Å²) < 4.78 is 35.8. The highest BCUT2D eigenvalue weighted by Gasteiger charge is 2.67. The van der Waals surface area contributed by atoms with Crippen molar-refractivity contribution < 1.29 is 27.9 Å². The van der Waals surface area contributed by atoms with Gasteiger partial charge in [0.05, 0.1) is 0 Å². The number of halogens is 3. The molecule has 0 saturated heterocycles. The maximum absolute atomic E-state index is 11.9. The van der Waals surface area contributed by atoms with Crippen LogP contribution in [0.1, 0.15) is 13.8 Å². The third-order valence-corrected chi connectivity index (χ3v) is 3.01. The van der Waals surface area contributed by atoms with Crippen LogP contribution in [0, 0.1) is 11.8 Å². The van der Waals surface area contributed by atoms with Crippen LogP contribution >= 0.6 is 0 Å². The van der Waals surface area contributed by atoms with Crippen molar-refractivity contribution in [3.63, 3.8) is 0 Å². The Labute approximate surface area is 83.5 Å². The lowest BCUT2D eigenvalue weighted by atomic mass is 10.2. The molecule has 2 unspecified atom stereocenters. The Kier molecular flexibility index (Phi) is 2.45. The zero-order valence-electron chi connectivity index (χ0n) is 8.05. The van der Waals surface area contributed by atoms with Gasteiger partial charge in [-0.05, 0) is 11.8 Å². The van der Waals surface area contributed by atoms with Gasteiger partial charge in [-0.2, -0.15) is 13.2 Å². The van der Waals surface area contributed by atoms with E-state index >= 15 is 0 Å². The first kappa shape index (κ1) is 11.8. The van der Waals surface area contributed by atoms with Gasteiger partial charge in [0.15, 0.2) is 0 Å². The fourth-order valence-electron chi connectivity index (χ4n) is 1.71. The molecule has 0 aromatic rings. The number of nitrogens with one attached hydrogen (secondary N) is 1. The molecule has 0 heterocycles. The van der Waals surface area contributed by atoms with Gasteiger partial charge in [0.1, 0.15) is 5.54 Å². The van der Waals surface area contributed by atoms with Gasteiger partial charge in [0, 0.05) is 0 Å². The quantitative estimate of drug-likeness (QED) is 0.729. The van der Waals surface area contributed by atoms with E-state index in [0.717, 1.165) is 0 Å². The largest absolute Gasteiger partial charge is 0.479 e. The highest BCUT2D eigenvalue weighted by atomic mass is 19.4. The Morgan fingerprint density at radius 3 is 1.87 bits per heavy atom. The van der Waals surface area contributed by atoms with E-state index in [-0.39, 0.29) is 0 Å². The maximum Gasteiger partial charge on any atom is 0.471 e. The van der Waals surface area contributed by atoms with Crippen molar-refractivity contribution in [1.82, 2.24) is 5.32 Å². The van der Waals surface area contributed by atoms with E-state index in [2.05, 4.69) is 0 Å². The zero-order chi connectivity index (χ0) is 12.0. The third kappa shape index (κ3) is 1.66. The van der Waals surface area contributed by atoms with E-state index in [1.54, 1.807) is 5.32 Å². The fourth-order valence-corrected chi connectivity index (χ4v) is 1.71. The number of carbonyl (C=O) groups excluding carboxylic acids is 1. The predicted molar refractivity (Wildman–Crippen MR) is 42.9 cm³/mol. The van der Waals surface area contributed by atoms with Crippen LogP contribution in [0.5, 0.6) is 0 Å². The van der Waals surface area contributed by atoms with Gasteiger partial charge in [0.2, 0.25) is 0 Å². The van der Waals surface area contributed by atoms with Crippen molar-refractivity contribution in [1.29, 1.82) is 0 Å². The van der Waals surface area contributed by atoms with Crippen LogP contribution in [0.2, 0.25) is 0 Å². The lowest BCUT2D eigenvalue weighted by molar-refractivity contribution is -0.176. The van der Waals surface area contributed by atoms with Gasteiger partial charge in [-0.3, -0.25) is 4.79 Å². The Balaban J connectivity index is 2.81. The van der Waals surface area contributed by atoms with Gasteiger partial charge in [-0.1, -0.05) is 13.8 Å². The van der Waals surface area contributed by atoms with Crippen molar-refractivity contribution in [2.24, 2.45) is 11.8 Å². The van der Waals surface area contributed by atoms with E-state index < -0.39 is 35.4 Å². The van der Waals surface area contributed by atoms with Crippen LogP contribution in [0.25, 0.3) is 0 Å². The van der Waals surface area contributed by atoms with Gasteiger partial charge in [0.25, 0.3) is 0 Å². The molecule has 1 fully saturated rings. The lowest BCUT2D eigenvalue weighted by Gasteiger charge is -2.15. The second kappa shape index (κ2) is 3.11. The molecule has 7 heteroatoms. The number of hydrogen-bond donors (Lipinski definition) is 2. The fraction of sp³-hybridized carbons (Fsp3) is 0.750. The molecule has 3 atom stereocenters. The molecule has 1 amide bonds. The van der Waals surface area contributed by atoms with Crippen molar-refractivity contribution in [3.8, 4) is 0 Å². The highest BCUT2D eigenvalue weighted by molar-refractivity contribution is 5.92. The molecule has 4 nitrogen and oxygen atoms in total. The number of alkyl halides is 3. The molecule has 2 N–H and O–H groups in total. The van der Waals surface area contributed by atoms with Crippen LogP contribution in [0.4, 0.5) is 13.2 Å². The Morgan fingerprint density at radius 2 is 1.67 bits per heavy atom. The molecular weight excluding hydrogens is 215 g/mol. The van der Waals surface area contributed by atoms with Crippen LogP contribution in [-0.4, -0.2) is 28.7 Å². The third-order valence-electron chi connectivity index (χ3n) is 3.01. The van der Waals surface area contributed by atoms with Gasteiger partial charge in [-0.25, -0.2) is 4.79 Å². The van der Waals surface area contributed by atoms with E-state index in [4.69, 9.17) is 5.11 Å². The Morgan fingerprint density at radius 1 is 1.27 bits per heavy atom. The zero-order valence-corrected chi connectivity index (χ0v) is 8.05. The van der Waals surface area contributed by atoms with E-state index in [1.165, 1.54) is 13.8 Å². The summed E-state index contributed by atoms with van der Waals surface area (Å²) in [4.78, 5) is 21.4. The van der Waals surface area contributed by atoms with Crippen molar-refractivity contribution in [2.45, 2.75) is 25.6 Å². The number of hydrogen-bond acceptors (Lipinski definition) is 2. The minimum atomic E-state index is -5.05. The number of carboxylic acids is 1. The number of aliphatic carboxylic acids is 1. The van der Waals surface area contributed by atoms with E-state index in [0.29, 0.717) is 0 Å². The van der Waals surface area contributed by atoms with Crippen LogP contribution in [0.3, 0.4) is 0 Å². The molecule has 0 radical (unpaired) electrons. The summed E-state index contributed by atoms with van der Waals surface area (Å²) in [5, 5.41) is 10.3. The van der Waals surface area contributed by atoms with E-state index in [1.807, 2.05) is 0 Å². The second-order valence-electron chi connectivity index (χ2n) is 3.70. The lowest BCUT2D eigenvalue weighted by Crippen LogP contribution is -2.50. The Bertz CT molecular complexity index is 305. The minimum Gasteiger partial charge on any atom is -0.479 e. The minimum absolute atomic E-state index is 0.499. The molecular formula is C8H10F3NO3. The van der Waals surface area contributed by atoms with Crippen LogP contribution < -0.4 is 5.32 Å². The smallest absolute Gasteiger partial charge is 0.471 e. The molecule has 15 heavy (non-hydrogen) atoms. The molecule has 0 aromatic heterocycles. The summed E-state index contributed by atoms with van der Waals surface area (Å²) in [6, 6.07) is 0. The standard InChI is InChI=1S/C8H10F3NO3/c1-3-4(2)7(3,6(14)15)12-5(13)8(9,10)11/h3-4H,1-2H3,(H,12,13)(H,14,15)/t3-,4?,7?/m1/s1. The molecule has 0 aromatic carbocycles. The summed E-state index contributed by atoms with van der Waals surface area (Å²) in [5.41, 5.74) is -1.76. The average molecular weight is 225 g/mol. The average Bonchev–Trinajstić information content (AvgIpc) is 2.56. The predicted octanol–water partition coefficient (Wildman–Crippen LogP) is 0.774. The molecule has 1 rings (SSSR count). The van der Waals surface area contributed by atoms with Crippen molar-refractivity contribution in [3.05, 3.63) is 0 Å². The first-order valence-corrected chi connectivity index (χ1v) is 4.26.